The van der Waals surface area contributed by atoms with Gasteiger partial charge in [0.25, 0.3) is 10.0 Å². The van der Waals surface area contributed by atoms with Crippen molar-refractivity contribution >= 4 is 44.6 Å². The Kier molecular flexibility index (Phi) is 4.28. The van der Waals surface area contributed by atoms with Crippen LogP contribution in [-0.4, -0.2) is 8.42 Å². The fraction of sp³-hybridized carbons (Fsp3) is 0. The van der Waals surface area contributed by atoms with Gasteiger partial charge in [0.15, 0.2) is 0 Å². The van der Waals surface area contributed by atoms with Gasteiger partial charge in [0, 0.05) is 5.02 Å². The molecule has 2 aromatic carbocycles. The van der Waals surface area contributed by atoms with Gasteiger partial charge in [0.2, 0.25) is 0 Å². The predicted octanol–water partition coefficient (Wildman–Crippen LogP) is 3.25. The van der Waals surface area contributed by atoms with Gasteiger partial charge >= 0.3 is 0 Å². The van der Waals surface area contributed by atoms with Crippen LogP contribution >= 0.6 is 23.2 Å². The number of anilines is 2. The summed E-state index contributed by atoms with van der Waals surface area (Å²) in [5, 5.41) is 9.28. The molecule has 108 valence electrons. The van der Waals surface area contributed by atoms with E-state index < -0.39 is 10.0 Å². The molecule has 0 atom stereocenters. The molecule has 2 rings (SSSR count). The van der Waals surface area contributed by atoms with Crippen LogP contribution < -0.4 is 10.5 Å². The second-order valence-corrected chi connectivity index (χ2v) is 6.59. The molecule has 5 nitrogen and oxygen atoms in total. The molecular weight excluding hydrogens is 333 g/mol. The Morgan fingerprint density at radius 2 is 1.86 bits per heavy atom. The normalized spacial score (nSPS) is 10.9. The maximum atomic E-state index is 12.3. The van der Waals surface area contributed by atoms with Gasteiger partial charge in [-0.25, -0.2) is 8.42 Å². The van der Waals surface area contributed by atoms with E-state index >= 15 is 0 Å². The first kappa shape index (κ1) is 15.4. The fourth-order valence-corrected chi connectivity index (χ4v) is 3.21. The standard InChI is InChI=1S/C13H9Cl2N3O2S/c14-9-2-4-13(12(17)5-9)21(19,20)18-10-3-1-8(7-16)11(15)6-10/h1-6,18H,17H2. The lowest BCUT2D eigenvalue weighted by Crippen LogP contribution is -2.14. The highest BCUT2D eigenvalue weighted by molar-refractivity contribution is 7.92. The molecule has 21 heavy (non-hydrogen) atoms. The van der Waals surface area contributed by atoms with Crippen molar-refractivity contribution in [3.63, 3.8) is 0 Å². The third-order valence-electron chi connectivity index (χ3n) is 2.60. The van der Waals surface area contributed by atoms with E-state index in [-0.39, 0.29) is 26.9 Å². The van der Waals surface area contributed by atoms with Gasteiger partial charge in [0.05, 0.1) is 22.0 Å². The van der Waals surface area contributed by atoms with Crippen molar-refractivity contribution in [3.8, 4) is 6.07 Å². The number of halogens is 2. The van der Waals surface area contributed by atoms with Gasteiger partial charge in [0.1, 0.15) is 11.0 Å². The molecule has 8 heteroatoms. The van der Waals surface area contributed by atoms with Gasteiger partial charge in [-0.3, -0.25) is 4.72 Å². The van der Waals surface area contributed by atoms with E-state index in [1.807, 2.05) is 6.07 Å². The van der Waals surface area contributed by atoms with Crippen molar-refractivity contribution in [3.05, 3.63) is 52.0 Å². The van der Waals surface area contributed by atoms with Crippen LogP contribution in [0.1, 0.15) is 5.56 Å². The van der Waals surface area contributed by atoms with Crippen LogP contribution in [0.15, 0.2) is 41.3 Å². The van der Waals surface area contributed by atoms with Crippen molar-refractivity contribution < 1.29 is 8.42 Å². The average molecular weight is 342 g/mol. The van der Waals surface area contributed by atoms with E-state index in [2.05, 4.69) is 4.72 Å². The third kappa shape index (κ3) is 3.39. The number of nitrogens with one attached hydrogen (secondary N) is 1. The number of nitrogens with zero attached hydrogens (tertiary/aromatic N) is 1. The second kappa shape index (κ2) is 5.82. The van der Waals surface area contributed by atoms with Crippen molar-refractivity contribution in [2.24, 2.45) is 0 Å². The molecule has 0 saturated carbocycles. The van der Waals surface area contributed by atoms with E-state index in [0.717, 1.165) is 0 Å². The maximum absolute atomic E-state index is 12.3. The zero-order valence-corrected chi connectivity index (χ0v) is 12.8. The van der Waals surface area contributed by atoms with Gasteiger partial charge in [-0.2, -0.15) is 5.26 Å². The molecule has 0 aromatic heterocycles. The molecule has 2 aromatic rings. The number of benzene rings is 2. The highest BCUT2D eigenvalue weighted by atomic mass is 35.5. The first-order chi connectivity index (χ1) is 9.83. The van der Waals surface area contributed by atoms with Gasteiger partial charge in [-0.05, 0) is 36.4 Å². The highest BCUT2D eigenvalue weighted by Gasteiger charge is 2.18. The first-order valence-corrected chi connectivity index (χ1v) is 7.85. The minimum atomic E-state index is -3.87. The van der Waals surface area contributed by atoms with Crippen LogP contribution in [-0.2, 0) is 10.0 Å². The lowest BCUT2D eigenvalue weighted by Gasteiger charge is -2.11. The first-order valence-electron chi connectivity index (χ1n) is 5.61. The molecule has 0 saturated heterocycles. The summed E-state index contributed by atoms with van der Waals surface area (Å²) in [6.45, 7) is 0. The molecule has 0 aliphatic rings. The van der Waals surface area contributed by atoms with Crippen LogP contribution in [0.4, 0.5) is 11.4 Å². The molecule has 0 unspecified atom stereocenters. The fourth-order valence-electron chi connectivity index (χ4n) is 1.64. The Balaban J connectivity index is 2.38. The monoisotopic (exact) mass is 341 g/mol. The minimum absolute atomic E-state index is 0.0368. The van der Waals surface area contributed by atoms with E-state index in [0.29, 0.717) is 5.02 Å². The molecule has 3 N–H and O–H groups in total. The van der Waals surface area contributed by atoms with Crippen molar-refractivity contribution in [2.45, 2.75) is 4.90 Å². The van der Waals surface area contributed by atoms with E-state index in [4.69, 9.17) is 34.2 Å². The molecule has 0 heterocycles. The number of sulfonamides is 1. The van der Waals surface area contributed by atoms with Crippen molar-refractivity contribution in [2.75, 3.05) is 10.5 Å². The summed E-state index contributed by atoms with van der Waals surface area (Å²) in [5.74, 6) is 0. The number of nitriles is 1. The lowest BCUT2D eigenvalue weighted by atomic mass is 10.2. The van der Waals surface area contributed by atoms with E-state index in [1.165, 1.54) is 36.4 Å². The zero-order chi connectivity index (χ0) is 15.6. The molecular formula is C13H9Cl2N3O2S. The number of nitrogen functional groups attached to an aromatic ring is 1. The Labute approximate surface area is 132 Å². The smallest absolute Gasteiger partial charge is 0.263 e. The van der Waals surface area contributed by atoms with E-state index in [1.54, 1.807) is 0 Å². The average Bonchev–Trinajstić information content (AvgIpc) is 2.37. The van der Waals surface area contributed by atoms with Crippen LogP contribution in [0.5, 0.6) is 0 Å². The Bertz CT molecular complexity index is 845. The number of hydrogen-bond donors (Lipinski definition) is 2. The number of nitrogens with two attached hydrogens (primary N) is 1. The molecule has 0 radical (unpaired) electrons. The highest BCUT2D eigenvalue weighted by Crippen LogP contribution is 2.26. The Morgan fingerprint density at radius 3 is 2.43 bits per heavy atom. The summed E-state index contributed by atoms with van der Waals surface area (Å²) in [6, 6.07) is 10.2. The van der Waals surface area contributed by atoms with Crippen LogP contribution in [0.2, 0.25) is 10.0 Å². The summed E-state index contributed by atoms with van der Waals surface area (Å²) in [5.41, 5.74) is 6.19. The lowest BCUT2D eigenvalue weighted by molar-refractivity contribution is 0.601. The molecule has 0 bridgehead atoms. The van der Waals surface area contributed by atoms with E-state index in [9.17, 15) is 8.42 Å². The largest absolute Gasteiger partial charge is 0.398 e. The molecule has 0 fully saturated rings. The van der Waals surface area contributed by atoms with Crippen LogP contribution in [0.25, 0.3) is 0 Å². The summed E-state index contributed by atoms with van der Waals surface area (Å²) < 4.78 is 26.9. The topological polar surface area (TPSA) is 96.0 Å². The van der Waals surface area contributed by atoms with Crippen LogP contribution in [0.3, 0.4) is 0 Å². The summed E-state index contributed by atoms with van der Waals surface area (Å²) in [4.78, 5) is -0.0904. The maximum Gasteiger partial charge on any atom is 0.263 e. The summed E-state index contributed by atoms with van der Waals surface area (Å²) in [6.07, 6.45) is 0. The quantitative estimate of drug-likeness (QED) is 0.837. The molecule has 0 aliphatic heterocycles. The van der Waals surface area contributed by atoms with Crippen molar-refractivity contribution in [1.29, 1.82) is 5.26 Å². The number of rotatable bonds is 3. The second-order valence-electron chi connectivity index (χ2n) is 4.09. The zero-order valence-electron chi connectivity index (χ0n) is 10.5. The molecule has 0 spiro atoms. The summed E-state index contributed by atoms with van der Waals surface area (Å²) in [7, 11) is -3.87. The minimum Gasteiger partial charge on any atom is -0.398 e. The third-order valence-corrected chi connectivity index (χ3v) is 4.61. The SMILES string of the molecule is N#Cc1ccc(NS(=O)(=O)c2ccc(Cl)cc2N)cc1Cl. The predicted molar refractivity (Wildman–Crippen MR) is 82.8 cm³/mol. The van der Waals surface area contributed by atoms with Gasteiger partial charge in [-0.15, -0.1) is 0 Å². The van der Waals surface area contributed by atoms with Gasteiger partial charge < -0.3 is 5.73 Å². The van der Waals surface area contributed by atoms with Crippen molar-refractivity contribution in [1.82, 2.24) is 0 Å². The van der Waals surface area contributed by atoms with Gasteiger partial charge in [-0.1, -0.05) is 23.2 Å². The Morgan fingerprint density at radius 1 is 1.14 bits per heavy atom. The van der Waals surface area contributed by atoms with Crippen LogP contribution in [0, 0.1) is 11.3 Å². The number of hydrogen-bond acceptors (Lipinski definition) is 4. The molecule has 0 amide bonds. The Hall–Kier alpha value is -1.94. The molecule has 0 aliphatic carbocycles. The summed E-state index contributed by atoms with van der Waals surface area (Å²) >= 11 is 11.6.